The summed E-state index contributed by atoms with van der Waals surface area (Å²) >= 11 is 0. The minimum Gasteiger partial charge on any atom is -0.386 e. The molecule has 0 radical (unpaired) electrons. The van der Waals surface area contributed by atoms with Crippen molar-refractivity contribution in [2.75, 3.05) is 19.0 Å². The standard InChI is InChI=1S/C9H10N2O/c1-11(2)8-5-3-4-6-9(8)12-7-10/h3-6H,1-2H3. The Hall–Kier alpha value is -1.69. The maximum Gasteiger partial charge on any atom is 0.292 e. The molecule has 0 saturated carbocycles. The van der Waals surface area contributed by atoms with Gasteiger partial charge in [0, 0.05) is 14.1 Å². The monoisotopic (exact) mass is 162 g/mol. The fraction of sp³-hybridized carbons (Fsp3) is 0.222. The third-order valence-corrected chi connectivity index (χ3v) is 1.50. The first-order valence-corrected chi connectivity index (χ1v) is 3.58. The molecule has 0 spiro atoms. The van der Waals surface area contributed by atoms with Crippen LogP contribution in [0.4, 0.5) is 5.69 Å². The van der Waals surface area contributed by atoms with E-state index in [1.165, 1.54) is 0 Å². The van der Waals surface area contributed by atoms with Gasteiger partial charge in [0.1, 0.15) is 0 Å². The molecular weight excluding hydrogens is 152 g/mol. The van der Waals surface area contributed by atoms with Crippen LogP contribution in [0.5, 0.6) is 5.75 Å². The molecule has 3 nitrogen and oxygen atoms in total. The van der Waals surface area contributed by atoms with Crippen molar-refractivity contribution in [2.45, 2.75) is 0 Å². The van der Waals surface area contributed by atoms with E-state index in [0.29, 0.717) is 5.75 Å². The molecule has 3 heteroatoms. The predicted molar refractivity (Wildman–Crippen MR) is 47.0 cm³/mol. The Morgan fingerprint density at radius 1 is 1.33 bits per heavy atom. The smallest absolute Gasteiger partial charge is 0.292 e. The van der Waals surface area contributed by atoms with Crippen LogP contribution in [0.25, 0.3) is 0 Å². The number of nitriles is 1. The molecule has 0 amide bonds. The number of rotatable bonds is 2. The number of benzene rings is 1. The van der Waals surface area contributed by atoms with Gasteiger partial charge in [-0.25, -0.2) is 0 Å². The van der Waals surface area contributed by atoms with Gasteiger partial charge < -0.3 is 9.64 Å². The lowest BCUT2D eigenvalue weighted by molar-refractivity contribution is 0.507. The molecule has 0 aliphatic carbocycles. The first-order valence-electron chi connectivity index (χ1n) is 3.58. The van der Waals surface area contributed by atoms with Gasteiger partial charge >= 0.3 is 0 Å². The van der Waals surface area contributed by atoms with Crippen LogP contribution in [0.3, 0.4) is 0 Å². The summed E-state index contributed by atoms with van der Waals surface area (Å²) in [5.41, 5.74) is 0.902. The molecule has 0 aromatic heterocycles. The average molecular weight is 162 g/mol. The highest BCUT2D eigenvalue weighted by atomic mass is 16.5. The van der Waals surface area contributed by atoms with E-state index >= 15 is 0 Å². The predicted octanol–water partition coefficient (Wildman–Crippen LogP) is 1.61. The van der Waals surface area contributed by atoms with E-state index < -0.39 is 0 Å². The van der Waals surface area contributed by atoms with Gasteiger partial charge in [-0.05, 0) is 12.1 Å². The molecule has 0 aliphatic heterocycles. The summed E-state index contributed by atoms with van der Waals surface area (Å²) in [4.78, 5) is 1.90. The van der Waals surface area contributed by atoms with E-state index in [1.54, 1.807) is 12.3 Å². The zero-order valence-corrected chi connectivity index (χ0v) is 7.11. The maximum atomic E-state index is 8.34. The number of para-hydroxylation sites is 2. The topological polar surface area (TPSA) is 36.3 Å². The third kappa shape index (κ3) is 1.67. The van der Waals surface area contributed by atoms with Crippen LogP contribution < -0.4 is 9.64 Å². The quantitative estimate of drug-likeness (QED) is 0.620. The summed E-state index contributed by atoms with van der Waals surface area (Å²) < 4.78 is 4.76. The highest BCUT2D eigenvalue weighted by Crippen LogP contribution is 2.25. The molecule has 0 heterocycles. The molecule has 0 aliphatic rings. The van der Waals surface area contributed by atoms with Crippen LogP contribution in [0.2, 0.25) is 0 Å². The second-order valence-corrected chi connectivity index (χ2v) is 2.56. The molecule has 0 fully saturated rings. The second-order valence-electron chi connectivity index (χ2n) is 2.56. The molecule has 0 atom stereocenters. The second kappa shape index (κ2) is 3.63. The third-order valence-electron chi connectivity index (χ3n) is 1.50. The summed E-state index contributed by atoms with van der Waals surface area (Å²) in [5.74, 6) is 0.588. The fourth-order valence-electron chi connectivity index (χ4n) is 0.962. The van der Waals surface area contributed by atoms with Crippen molar-refractivity contribution in [3.63, 3.8) is 0 Å². The lowest BCUT2D eigenvalue weighted by Gasteiger charge is -2.14. The van der Waals surface area contributed by atoms with Crippen LogP contribution >= 0.6 is 0 Å². The highest BCUT2D eigenvalue weighted by Gasteiger charge is 2.03. The van der Waals surface area contributed by atoms with Gasteiger partial charge in [-0.1, -0.05) is 12.1 Å². The van der Waals surface area contributed by atoms with Gasteiger partial charge in [-0.15, -0.1) is 5.26 Å². The maximum absolute atomic E-state index is 8.34. The van der Waals surface area contributed by atoms with Crippen LogP contribution in [-0.4, -0.2) is 14.1 Å². The minimum atomic E-state index is 0.588. The van der Waals surface area contributed by atoms with Crippen LogP contribution in [0.1, 0.15) is 0 Å². The molecule has 0 bridgehead atoms. The Kier molecular flexibility index (Phi) is 2.54. The van der Waals surface area contributed by atoms with E-state index in [2.05, 4.69) is 0 Å². The molecule has 1 aromatic rings. The molecule has 62 valence electrons. The lowest BCUT2D eigenvalue weighted by atomic mass is 10.3. The van der Waals surface area contributed by atoms with Crippen molar-refractivity contribution in [3.8, 4) is 12.0 Å². The number of nitrogens with zero attached hydrogens (tertiary/aromatic N) is 2. The number of hydrogen-bond donors (Lipinski definition) is 0. The number of hydrogen-bond acceptors (Lipinski definition) is 3. The average Bonchev–Trinajstić information content (AvgIpc) is 2.05. The Labute approximate surface area is 71.8 Å². The highest BCUT2D eigenvalue weighted by molar-refractivity contribution is 5.57. The zero-order chi connectivity index (χ0) is 8.97. The van der Waals surface area contributed by atoms with Gasteiger partial charge in [0.15, 0.2) is 5.75 Å². The van der Waals surface area contributed by atoms with Gasteiger partial charge in [0.25, 0.3) is 6.26 Å². The summed E-state index contributed by atoms with van der Waals surface area (Å²) in [6, 6.07) is 7.39. The molecule has 1 rings (SSSR count). The normalized spacial score (nSPS) is 8.75. The first kappa shape index (κ1) is 8.41. The van der Waals surface area contributed by atoms with E-state index in [9.17, 15) is 0 Å². The molecule has 0 unspecified atom stereocenters. The van der Waals surface area contributed by atoms with Crippen molar-refractivity contribution < 1.29 is 4.74 Å². The molecule has 12 heavy (non-hydrogen) atoms. The van der Waals surface area contributed by atoms with E-state index in [0.717, 1.165) is 5.69 Å². The number of anilines is 1. The number of ether oxygens (including phenoxy) is 1. The SMILES string of the molecule is CN(C)c1ccccc1OC#N. The van der Waals surface area contributed by atoms with E-state index in [-0.39, 0.29) is 0 Å². The Bertz CT molecular complexity index is 302. The molecule has 0 N–H and O–H groups in total. The Morgan fingerprint density at radius 2 is 2.00 bits per heavy atom. The largest absolute Gasteiger partial charge is 0.386 e. The van der Waals surface area contributed by atoms with E-state index in [1.807, 2.05) is 37.2 Å². The fourth-order valence-corrected chi connectivity index (χ4v) is 0.962. The zero-order valence-electron chi connectivity index (χ0n) is 7.11. The van der Waals surface area contributed by atoms with Crippen LogP contribution in [-0.2, 0) is 0 Å². The van der Waals surface area contributed by atoms with Crippen molar-refractivity contribution in [1.29, 1.82) is 5.26 Å². The Morgan fingerprint density at radius 3 is 2.58 bits per heavy atom. The van der Waals surface area contributed by atoms with Crippen LogP contribution in [0.15, 0.2) is 24.3 Å². The van der Waals surface area contributed by atoms with Crippen molar-refractivity contribution >= 4 is 5.69 Å². The van der Waals surface area contributed by atoms with Gasteiger partial charge in [-0.2, -0.15) is 0 Å². The van der Waals surface area contributed by atoms with Crippen molar-refractivity contribution in [2.24, 2.45) is 0 Å². The van der Waals surface area contributed by atoms with Crippen molar-refractivity contribution in [3.05, 3.63) is 24.3 Å². The first-order chi connectivity index (χ1) is 5.75. The van der Waals surface area contributed by atoms with Gasteiger partial charge in [-0.3, -0.25) is 0 Å². The van der Waals surface area contributed by atoms with E-state index in [4.69, 9.17) is 10.00 Å². The minimum absolute atomic E-state index is 0.588. The molecular formula is C9H10N2O. The summed E-state index contributed by atoms with van der Waals surface area (Å²) in [6.45, 7) is 0. The summed E-state index contributed by atoms with van der Waals surface area (Å²) in [5, 5.41) is 8.34. The molecule has 1 aromatic carbocycles. The van der Waals surface area contributed by atoms with Crippen molar-refractivity contribution in [1.82, 2.24) is 0 Å². The summed E-state index contributed by atoms with van der Waals surface area (Å²) in [7, 11) is 3.80. The van der Waals surface area contributed by atoms with Gasteiger partial charge in [0.2, 0.25) is 0 Å². The van der Waals surface area contributed by atoms with Gasteiger partial charge in [0.05, 0.1) is 5.69 Å². The Balaban J connectivity index is 3.02. The lowest BCUT2D eigenvalue weighted by Crippen LogP contribution is -2.09. The summed E-state index contributed by atoms with van der Waals surface area (Å²) in [6.07, 6.45) is 1.65. The van der Waals surface area contributed by atoms with Crippen LogP contribution in [0, 0.1) is 11.5 Å². The molecule has 0 saturated heterocycles.